The van der Waals surface area contributed by atoms with Crippen LogP contribution in [0.3, 0.4) is 0 Å². The number of carbonyl (C=O) groups excluding carboxylic acids is 1. The fourth-order valence-corrected chi connectivity index (χ4v) is 3.67. The second kappa shape index (κ2) is 6.07. The average Bonchev–Trinajstić information content (AvgIpc) is 2.81. The van der Waals surface area contributed by atoms with Crippen molar-refractivity contribution in [2.45, 2.75) is 11.4 Å². The van der Waals surface area contributed by atoms with E-state index < -0.39 is 9.84 Å². The Kier molecular flexibility index (Phi) is 4.62. The average molecular weight is 374 g/mol. The third kappa shape index (κ3) is 3.91. The van der Waals surface area contributed by atoms with Gasteiger partial charge in [0.05, 0.1) is 15.2 Å². The summed E-state index contributed by atoms with van der Waals surface area (Å²) < 4.78 is 23.9. The summed E-state index contributed by atoms with van der Waals surface area (Å²) in [5.74, 6) is -0.292. The van der Waals surface area contributed by atoms with Crippen molar-refractivity contribution in [3.05, 3.63) is 50.6 Å². The topological polar surface area (TPSA) is 63.2 Å². The molecule has 2 rings (SSSR count). The number of amides is 1. The molecule has 7 heteroatoms. The Labute approximate surface area is 129 Å². The minimum atomic E-state index is -3.31. The second-order valence-corrected chi connectivity index (χ2v) is 8.75. The molecule has 0 radical (unpaired) electrons. The summed E-state index contributed by atoms with van der Waals surface area (Å²) in [5.41, 5.74) is 0.337. The third-order valence-corrected chi connectivity index (χ3v) is 5.31. The van der Waals surface area contributed by atoms with Crippen molar-refractivity contribution in [3.63, 3.8) is 0 Å². The van der Waals surface area contributed by atoms with Crippen LogP contribution < -0.4 is 5.32 Å². The lowest BCUT2D eigenvalue weighted by Crippen LogP contribution is -2.22. The van der Waals surface area contributed by atoms with E-state index in [2.05, 4.69) is 21.2 Å². The van der Waals surface area contributed by atoms with E-state index in [9.17, 15) is 13.2 Å². The number of carbonyl (C=O) groups is 1. The first-order valence-corrected chi connectivity index (χ1v) is 9.19. The van der Waals surface area contributed by atoms with Crippen molar-refractivity contribution in [1.82, 2.24) is 5.32 Å². The van der Waals surface area contributed by atoms with E-state index >= 15 is 0 Å². The Morgan fingerprint density at radius 3 is 2.65 bits per heavy atom. The molecule has 0 unspecified atom stereocenters. The van der Waals surface area contributed by atoms with E-state index in [1.54, 1.807) is 12.1 Å². The Morgan fingerprint density at radius 2 is 2.05 bits per heavy atom. The van der Waals surface area contributed by atoms with Crippen molar-refractivity contribution >= 4 is 43.0 Å². The van der Waals surface area contributed by atoms with Gasteiger partial charge in [0.15, 0.2) is 9.84 Å². The summed E-state index contributed by atoms with van der Waals surface area (Å²) in [6.07, 6.45) is 1.12. The predicted molar refractivity (Wildman–Crippen MR) is 82.7 cm³/mol. The van der Waals surface area contributed by atoms with Crippen LogP contribution in [0.1, 0.15) is 15.2 Å². The van der Waals surface area contributed by atoms with Crippen LogP contribution in [0.25, 0.3) is 0 Å². The van der Waals surface area contributed by atoms with E-state index in [1.807, 2.05) is 12.1 Å². The van der Waals surface area contributed by atoms with E-state index in [0.29, 0.717) is 12.1 Å². The lowest BCUT2D eigenvalue weighted by atomic mass is 10.2. The molecule has 1 aromatic carbocycles. The summed E-state index contributed by atoms with van der Waals surface area (Å²) in [5, 5.41) is 2.76. The van der Waals surface area contributed by atoms with Crippen molar-refractivity contribution in [2.75, 3.05) is 6.26 Å². The lowest BCUT2D eigenvalue weighted by Gasteiger charge is -2.05. The van der Waals surface area contributed by atoms with Gasteiger partial charge in [0.25, 0.3) is 5.91 Å². The van der Waals surface area contributed by atoms with Crippen molar-refractivity contribution < 1.29 is 13.2 Å². The predicted octanol–water partition coefficient (Wildman–Crippen LogP) is 2.84. The first-order valence-electron chi connectivity index (χ1n) is 5.69. The molecule has 0 bridgehead atoms. The SMILES string of the molecule is CS(=O)(=O)c1cccc(C(=O)NCc2ccc(Br)s2)c1. The molecule has 1 heterocycles. The van der Waals surface area contributed by atoms with Crippen molar-refractivity contribution in [3.8, 4) is 0 Å². The minimum absolute atomic E-state index is 0.143. The third-order valence-electron chi connectivity index (χ3n) is 2.58. The van der Waals surface area contributed by atoms with Crippen LogP contribution in [0.4, 0.5) is 0 Å². The Hall–Kier alpha value is -1.18. The van der Waals surface area contributed by atoms with Crippen LogP contribution in [0.15, 0.2) is 45.1 Å². The second-order valence-electron chi connectivity index (χ2n) is 4.19. The van der Waals surface area contributed by atoms with Gasteiger partial charge in [-0.25, -0.2) is 8.42 Å². The van der Waals surface area contributed by atoms with Gasteiger partial charge in [-0.3, -0.25) is 4.79 Å². The summed E-state index contributed by atoms with van der Waals surface area (Å²) in [4.78, 5) is 13.2. The van der Waals surface area contributed by atoms with Gasteiger partial charge in [-0.15, -0.1) is 11.3 Å². The molecule has 0 atom stereocenters. The maximum absolute atomic E-state index is 12.0. The molecule has 1 N–H and O–H groups in total. The van der Waals surface area contributed by atoms with Gasteiger partial charge in [-0.05, 0) is 46.3 Å². The molecular formula is C13H12BrNO3S2. The standard InChI is InChI=1S/C13H12BrNO3S2/c1-20(17,18)11-4-2-3-9(7-11)13(16)15-8-10-5-6-12(14)19-10/h2-7H,8H2,1H3,(H,15,16). The Morgan fingerprint density at radius 1 is 1.30 bits per heavy atom. The quantitative estimate of drug-likeness (QED) is 0.895. The lowest BCUT2D eigenvalue weighted by molar-refractivity contribution is 0.0951. The molecule has 2 aromatic rings. The summed E-state index contributed by atoms with van der Waals surface area (Å²) >= 11 is 4.89. The van der Waals surface area contributed by atoms with Gasteiger partial charge in [0.1, 0.15) is 0 Å². The number of benzene rings is 1. The zero-order chi connectivity index (χ0) is 14.8. The van der Waals surface area contributed by atoms with Gasteiger partial charge < -0.3 is 5.32 Å². The maximum Gasteiger partial charge on any atom is 0.251 e. The molecule has 4 nitrogen and oxygen atoms in total. The molecule has 106 valence electrons. The van der Waals surface area contributed by atoms with E-state index in [0.717, 1.165) is 14.9 Å². The van der Waals surface area contributed by atoms with Crippen LogP contribution in [-0.2, 0) is 16.4 Å². The van der Waals surface area contributed by atoms with Crippen LogP contribution in [-0.4, -0.2) is 20.6 Å². The first kappa shape index (κ1) is 15.2. The number of halogens is 1. The normalized spacial score (nSPS) is 11.3. The molecule has 20 heavy (non-hydrogen) atoms. The highest BCUT2D eigenvalue weighted by atomic mass is 79.9. The number of hydrogen-bond acceptors (Lipinski definition) is 4. The van der Waals surface area contributed by atoms with Gasteiger partial charge in [-0.2, -0.15) is 0 Å². The summed E-state index contributed by atoms with van der Waals surface area (Å²) in [6, 6.07) is 9.84. The molecule has 0 saturated carbocycles. The van der Waals surface area contributed by atoms with E-state index in [-0.39, 0.29) is 10.8 Å². The van der Waals surface area contributed by atoms with Gasteiger partial charge in [0.2, 0.25) is 0 Å². The number of hydrogen-bond donors (Lipinski definition) is 1. The molecule has 0 aliphatic rings. The molecule has 0 spiro atoms. The highest BCUT2D eigenvalue weighted by molar-refractivity contribution is 9.11. The molecular weight excluding hydrogens is 362 g/mol. The highest BCUT2D eigenvalue weighted by Gasteiger charge is 2.11. The molecule has 0 aliphatic carbocycles. The van der Waals surface area contributed by atoms with Crippen LogP contribution in [0.2, 0.25) is 0 Å². The Balaban J connectivity index is 2.10. The van der Waals surface area contributed by atoms with Crippen molar-refractivity contribution in [1.29, 1.82) is 0 Å². The summed E-state index contributed by atoms with van der Waals surface area (Å²) in [7, 11) is -3.31. The van der Waals surface area contributed by atoms with Crippen LogP contribution >= 0.6 is 27.3 Å². The molecule has 1 aromatic heterocycles. The molecule has 1 amide bonds. The van der Waals surface area contributed by atoms with E-state index in [1.165, 1.54) is 23.5 Å². The molecule has 0 saturated heterocycles. The van der Waals surface area contributed by atoms with Crippen LogP contribution in [0.5, 0.6) is 0 Å². The number of thiophene rings is 1. The van der Waals surface area contributed by atoms with Crippen molar-refractivity contribution in [2.24, 2.45) is 0 Å². The molecule has 0 fully saturated rings. The fourth-order valence-electron chi connectivity index (χ4n) is 1.58. The Bertz CT molecular complexity index is 738. The van der Waals surface area contributed by atoms with E-state index in [4.69, 9.17) is 0 Å². The van der Waals surface area contributed by atoms with Gasteiger partial charge >= 0.3 is 0 Å². The zero-order valence-electron chi connectivity index (χ0n) is 10.6. The van der Waals surface area contributed by atoms with Crippen LogP contribution in [0, 0.1) is 0 Å². The fraction of sp³-hybridized carbons (Fsp3) is 0.154. The first-order chi connectivity index (χ1) is 9.36. The maximum atomic E-state index is 12.0. The monoisotopic (exact) mass is 373 g/mol. The number of rotatable bonds is 4. The number of nitrogens with one attached hydrogen (secondary N) is 1. The molecule has 0 aliphatic heterocycles. The smallest absolute Gasteiger partial charge is 0.251 e. The summed E-state index contributed by atoms with van der Waals surface area (Å²) in [6.45, 7) is 0.415. The highest BCUT2D eigenvalue weighted by Crippen LogP contribution is 2.21. The minimum Gasteiger partial charge on any atom is -0.347 e. The zero-order valence-corrected chi connectivity index (χ0v) is 13.8. The van der Waals surface area contributed by atoms with Gasteiger partial charge in [-0.1, -0.05) is 6.07 Å². The number of sulfone groups is 1. The largest absolute Gasteiger partial charge is 0.347 e. The van der Waals surface area contributed by atoms with Gasteiger partial charge in [0, 0.05) is 16.7 Å².